The summed E-state index contributed by atoms with van der Waals surface area (Å²) in [5.41, 5.74) is -1.31. The highest BCUT2D eigenvalue weighted by Crippen LogP contribution is 2.23. The number of rotatable bonds is 4. The first-order valence-electron chi connectivity index (χ1n) is 6.86. The minimum Gasteiger partial charge on any atom is -0.479 e. The summed E-state index contributed by atoms with van der Waals surface area (Å²) in [6.45, 7) is 1.88. The van der Waals surface area contributed by atoms with Gasteiger partial charge in [-0.2, -0.15) is 0 Å². The number of nitrogens with one attached hydrogen (secondary N) is 1. The highest BCUT2D eigenvalue weighted by atomic mass is 19.1. The highest BCUT2D eigenvalue weighted by molar-refractivity contribution is 5.89. The van der Waals surface area contributed by atoms with Crippen molar-refractivity contribution in [3.63, 3.8) is 0 Å². The van der Waals surface area contributed by atoms with Crippen LogP contribution in [0.25, 0.3) is 0 Å². The second-order valence-electron chi connectivity index (χ2n) is 5.28. The predicted molar refractivity (Wildman–Crippen MR) is 73.1 cm³/mol. The number of carbonyl (C=O) groups is 2. The van der Waals surface area contributed by atoms with Gasteiger partial charge in [0.25, 0.3) is 0 Å². The summed E-state index contributed by atoms with van der Waals surface area (Å²) < 4.78 is 18.3. The quantitative estimate of drug-likeness (QED) is 0.888. The monoisotopic (exact) mass is 295 g/mol. The molecule has 2 rings (SSSR count). The Hall–Kier alpha value is -1.95. The van der Waals surface area contributed by atoms with Crippen LogP contribution in [0.1, 0.15) is 31.7 Å². The van der Waals surface area contributed by atoms with E-state index in [9.17, 15) is 19.1 Å². The van der Waals surface area contributed by atoms with Gasteiger partial charge in [0.2, 0.25) is 5.91 Å². The average molecular weight is 295 g/mol. The van der Waals surface area contributed by atoms with Crippen LogP contribution in [0.3, 0.4) is 0 Å². The molecule has 1 aromatic carbocycles. The van der Waals surface area contributed by atoms with Crippen molar-refractivity contribution in [3.8, 4) is 0 Å². The molecular weight excluding hydrogens is 277 g/mol. The van der Waals surface area contributed by atoms with E-state index in [-0.39, 0.29) is 0 Å². The molecule has 2 N–H and O–H groups in total. The number of hydrogen-bond acceptors (Lipinski definition) is 3. The lowest BCUT2D eigenvalue weighted by atomic mass is 9.91. The average Bonchev–Trinajstić information content (AvgIpc) is 2.48. The van der Waals surface area contributed by atoms with Crippen LogP contribution in [0.5, 0.6) is 0 Å². The van der Waals surface area contributed by atoms with Gasteiger partial charge in [-0.1, -0.05) is 12.1 Å². The van der Waals surface area contributed by atoms with Crippen molar-refractivity contribution in [3.05, 3.63) is 35.6 Å². The molecule has 2 unspecified atom stereocenters. The molecule has 1 fully saturated rings. The topological polar surface area (TPSA) is 75.6 Å². The first-order chi connectivity index (χ1) is 9.93. The summed E-state index contributed by atoms with van der Waals surface area (Å²) in [6, 6.07) is 5.04. The Morgan fingerprint density at radius 3 is 2.52 bits per heavy atom. The molecule has 2 atom stereocenters. The van der Waals surface area contributed by atoms with Crippen molar-refractivity contribution in [1.29, 1.82) is 0 Å². The van der Waals surface area contributed by atoms with Gasteiger partial charge in [0.15, 0.2) is 5.54 Å². The zero-order valence-corrected chi connectivity index (χ0v) is 11.8. The van der Waals surface area contributed by atoms with Crippen molar-refractivity contribution in [2.75, 3.05) is 6.61 Å². The van der Waals surface area contributed by atoms with Gasteiger partial charge in [0.05, 0.1) is 0 Å². The minimum absolute atomic E-state index is 0.306. The molecule has 114 valence electrons. The number of ether oxygens (including phenoxy) is 1. The van der Waals surface area contributed by atoms with Crippen LogP contribution < -0.4 is 5.32 Å². The number of hydrogen-bond donors (Lipinski definition) is 2. The van der Waals surface area contributed by atoms with Gasteiger partial charge < -0.3 is 15.2 Å². The van der Waals surface area contributed by atoms with Gasteiger partial charge in [-0.3, -0.25) is 4.79 Å². The van der Waals surface area contributed by atoms with Crippen molar-refractivity contribution < 1.29 is 23.8 Å². The van der Waals surface area contributed by atoms with Crippen LogP contribution in [-0.4, -0.2) is 29.7 Å². The van der Waals surface area contributed by atoms with Crippen LogP contribution in [0.15, 0.2) is 24.3 Å². The molecule has 21 heavy (non-hydrogen) atoms. The van der Waals surface area contributed by atoms with Gasteiger partial charge in [-0.05, 0) is 43.9 Å². The Balaban J connectivity index is 2.19. The molecule has 0 aromatic heterocycles. The summed E-state index contributed by atoms with van der Waals surface area (Å²) >= 11 is 0. The van der Waals surface area contributed by atoms with Gasteiger partial charge in [0.1, 0.15) is 11.9 Å². The summed E-state index contributed by atoms with van der Waals surface area (Å²) in [5.74, 6) is -2.13. The first kappa shape index (κ1) is 15.4. The van der Waals surface area contributed by atoms with Crippen molar-refractivity contribution in [1.82, 2.24) is 5.32 Å². The fourth-order valence-corrected chi connectivity index (χ4v) is 2.31. The van der Waals surface area contributed by atoms with E-state index in [1.165, 1.54) is 31.2 Å². The van der Waals surface area contributed by atoms with E-state index in [4.69, 9.17) is 4.74 Å². The maximum Gasteiger partial charge on any atom is 0.333 e. The third-order valence-electron chi connectivity index (χ3n) is 3.69. The Morgan fingerprint density at radius 2 is 2.00 bits per heavy atom. The van der Waals surface area contributed by atoms with Crippen LogP contribution in [0, 0.1) is 5.82 Å². The Morgan fingerprint density at radius 1 is 1.33 bits per heavy atom. The smallest absolute Gasteiger partial charge is 0.333 e. The van der Waals surface area contributed by atoms with Gasteiger partial charge in [-0.25, -0.2) is 9.18 Å². The molecule has 6 heteroatoms. The van der Waals surface area contributed by atoms with E-state index in [1.807, 2.05) is 0 Å². The zero-order valence-electron chi connectivity index (χ0n) is 11.8. The molecule has 1 amide bonds. The van der Waals surface area contributed by atoms with Crippen LogP contribution in [0.4, 0.5) is 4.39 Å². The molecule has 1 saturated heterocycles. The molecule has 0 bridgehead atoms. The van der Waals surface area contributed by atoms with Crippen LogP contribution in [0.2, 0.25) is 0 Å². The fourth-order valence-electron chi connectivity index (χ4n) is 2.31. The van der Waals surface area contributed by atoms with Crippen LogP contribution in [-0.2, 0) is 19.9 Å². The third kappa shape index (κ3) is 3.39. The summed E-state index contributed by atoms with van der Waals surface area (Å²) in [7, 11) is 0. The predicted octanol–water partition coefficient (Wildman–Crippen LogP) is 1.81. The molecular formula is C15H18FNO4. The summed E-state index contributed by atoms with van der Waals surface area (Å²) in [6.07, 6.45) is 1.72. The largest absolute Gasteiger partial charge is 0.479 e. The Kier molecular flexibility index (Phi) is 4.57. The molecule has 1 aliphatic heterocycles. The lowest BCUT2D eigenvalue weighted by molar-refractivity contribution is -0.150. The molecule has 1 aromatic rings. The normalized spacial score (nSPS) is 21.3. The van der Waals surface area contributed by atoms with E-state index < -0.39 is 29.3 Å². The molecule has 0 radical (unpaired) electrons. The molecule has 0 aliphatic carbocycles. The number of benzene rings is 1. The Bertz CT molecular complexity index is 525. The third-order valence-corrected chi connectivity index (χ3v) is 3.69. The zero-order chi connectivity index (χ0) is 15.5. The molecule has 1 heterocycles. The van der Waals surface area contributed by atoms with Crippen molar-refractivity contribution in [2.45, 2.75) is 37.8 Å². The number of carboxylic acids is 1. The van der Waals surface area contributed by atoms with Gasteiger partial charge in [-0.15, -0.1) is 0 Å². The number of amides is 1. The first-order valence-corrected chi connectivity index (χ1v) is 6.86. The molecule has 0 saturated carbocycles. The SMILES string of the molecule is CC(NC(=O)C1CCCCO1)(C(=O)O)c1ccc(F)cc1. The minimum atomic E-state index is -1.62. The second kappa shape index (κ2) is 6.22. The number of carbonyl (C=O) groups excluding carboxylic acids is 1. The molecule has 5 nitrogen and oxygen atoms in total. The van der Waals surface area contributed by atoms with Crippen LogP contribution >= 0.6 is 0 Å². The van der Waals surface area contributed by atoms with Gasteiger partial charge in [0, 0.05) is 6.61 Å². The second-order valence-corrected chi connectivity index (χ2v) is 5.28. The maximum absolute atomic E-state index is 13.0. The highest BCUT2D eigenvalue weighted by Gasteiger charge is 2.39. The molecule has 1 aliphatic rings. The van der Waals surface area contributed by atoms with E-state index in [0.29, 0.717) is 18.6 Å². The number of aliphatic carboxylic acids is 1. The lowest BCUT2D eigenvalue weighted by Crippen LogP contribution is -2.53. The maximum atomic E-state index is 13.0. The fraction of sp³-hybridized carbons (Fsp3) is 0.467. The van der Waals surface area contributed by atoms with E-state index in [0.717, 1.165) is 12.8 Å². The number of carboxylic acid groups (broad SMARTS) is 1. The van der Waals surface area contributed by atoms with Crippen molar-refractivity contribution >= 4 is 11.9 Å². The summed E-state index contributed by atoms with van der Waals surface area (Å²) in [4.78, 5) is 23.8. The lowest BCUT2D eigenvalue weighted by Gasteiger charge is -2.30. The van der Waals surface area contributed by atoms with Gasteiger partial charge >= 0.3 is 5.97 Å². The molecule has 0 spiro atoms. The van der Waals surface area contributed by atoms with E-state index >= 15 is 0 Å². The number of halogens is 1. The van der Waals surface area contributed by atoms with Crippen molar-refractivity contribution in [2.24, 2.45) is 0 Å². The Labute approximate surface area is 122 Å². The van der Waals surface area contributed by atoms with E-state index in [1.54, 1.807) is 0 Å². The summed E-state index contributed by atoms with van der Waals surface area (Å²) in [5, 5.41) is 12.0. The standard InChI is InChI=1S/C15H18FNO4/c1-15(14(19)20,10-5-7-11(16)8-6-10)17-13(18)12-4-2-3-9-21-12/h5-8,12H,2-4,9H2,1H3,(H,17,18)(H,19,20). The van der Waals surface area contributed by atoms with E-state index in [2.05, 4.69) is 5.32 Å².